The average molecular weight is 562 g/mol. The van der Waals surface area contributed by atoms with Crippen LogP contribution in [0.5, 0.6) is 0 Å². The number of ether oxygens (including phenoxy) is 1. The third-order valence-electron chi connectivity index (χ3n) is 7.10. The molecule has 5 rings (SSSR count). The van der Waals surface area contributed by atoms with Gasteiger partial charge in [-0.05, 0) is 38.0 Å². The van der Waals surface area contributed by atoms with E-state index in [4.69, 9.17) is 9.72 Å². The van der Waals surface area contributed by atoms with E-state index in [-0.39, 0.29) is 11.3 Å². The molecule has 0 bridgehead atoms. The smallest absolute Gasteiger partial charge is 0.233 e. The highest BCUT2D eigenvalue weighted by Crippen LogP contribution is 2.35. The first-order chi connectivity index (χ1) is 18.7. The number of halogens is 3. The van der Waals surface area contributed by atoms with E-state index >= 15 is 0 Å². The number of anilines is 2. The second-order valence-electron chi connectivity index (χ2n) is 9.74. The van der Waals surface area contributed by atoms with Gasteiger partial charge >= 0.3 is 0 Å². The number of aryl methyl sites for hydroxylation is 1. The van der Waals surface area contributed by atoms with Gasteiger partial charge in [-0.25, -0.2) is 26.6 Å². The molecule has 2 aliphatic heterocycles. The number of fused-ring (bicyclic) bond motifs is 1. The number of rotatable bonds is 8. The van der Waals surface area contributed by atoms with Crippen LogP contribution in [0.2, 0.25) is 0 Å². The minimum atomic E-state index is -3.52. The number of morpholine rings is 1. The van der Waals surface area contributed by atoms with Gasteiger partial charge in [0.1, 0.15) is 5.82 Å². The van der Waals surface area contributed by atoms with Crippen LogP contribution in [0.3, 0.4) is 0 Å². The predicted octanol–water partition coefficient (Wildman–Crippen LogP) is 4.15. The standard InChI is InChI=1S/C27H30F3N5O3S/c1-18(21-15-23(29)24(30)16-22(21)28)35-8-2-3-25-27(35)32-26(17-31-25)19-4-6-20(7-5-19)33-39(36,37)14-11-34-9-12-38-13-10-34/h4-7,15-18,33H,2-3,8-14H2,1H3. The number of hydrogen-bond acceptors (Lipinski definition) is 7. The van der Waals surface area contributed by atoms with Gasteiger partial charge in [-0.15, -0.1) is 0 Å². The van der Waals surface area contributed by atoms with Crippen molar-refractivity contribution in [3.05, 3.63) is 71.3 Å². The molecule has 12 heteroatoms. The molecule has 1 saturated heterocycles. The van der Waals surface area contributed by atoms with E-state index in [1.807, 2.05) is 4.90 Å². The lowest BCUT2D eigenvalue weighted by atomic mass is 10.0. The van der Waals surface area contributed by atoms with Crippen LogP contribution in [0.15, 0.2) is 42.6 Å². The zero-order valence-electron chi connectivity index (χ0n) is 21.5. The summed E-state index contributed by atoms with van der Waals surface area (Å²) in [7, 11) is -3.52. The molecule has 0 spiro atoms. The molecule has 3 aromatic rings. The quantitative estimate of drug-likeness (QED) is 0.414. The van der Waals surface area contributed by atoms with Gasteiger partial charge in [0.25, 0.3) is 0 Å². The molecule has 208 valence electrons. The summed E-state index contributed by atoms with van der Waals surface area (Å²) in [5.74, 6) is -2.61. The molecule has 0 radical (unpaired) electrons. The highest BCUT2D eigenvalue weighted by atomic mass is 32.2. The lowest BCUT2D eigenvalue weighted by Gasteiger charge is -2.35. The van der Waals surface area contributed by atoms with Gasteiger partial charge in [-0.2, -0.15) is 0 Å². The van der Waals surface area contributed by atoms with Crippen molar-refractivity contribution in [1.29, 1.82) is 0 Å². The van der Waals surface area contributed by atoms with Gasteiger partial charge in [-0.3, -0.25) is 14.6 Å². The monoisotopic (exact) mass is 561 g/mol. The highest BCUT2D eigenvalue weighted by molar-refractivity contribution is 7.92. The minimum absolute atomic E-state index is 0.0163. The Balaban J connectivity index is 1.31. The van der Waals surface area contributed by atoms with Gasteiger partial charge in [0, 0.05) is 49.1 Å². The summed E-state index contributed by atoms with van der Waals surface area (Å²) in [5.41, 5.74) is 2.50. The molecule has 0 aliphatic carbocycles. The third kappa shape index (κ3) is 6.34. The zero-order chi connectivity index (χ0) is 27.6. The van der Waals surface area contributed by atoms with Crippen molar-refractivity contribution < 1.29 is 26.3 Å². The number of nitrogens with one attached hydrogen (secondary N) is 1. The van der Waals surface area contributed by atoms with E-state index in [2.05, 4.69) is 14.6 Å². The zero-order valence-corrected chi connectivity index (χ0v) is 22.4. The summed E-state index contributed by atoms with van der Waals surface area (Å²) in [6.45, 7) is 5.37. The van der Waals surface area contributed by atoms with Crippen molar-refractivity contribution >= 4 is 21.5 Å². The van der Waals surface area contributed by atoms with Gasteiger partial charge in [0.2, 0.25) is 10.0 Å². The van der Waals surface area contributed by atoms with E-state index in [0.29, 0.717) is 56.0 Å². The molecule has 8 nitrogen and oxygen atoms in total. The summed E-state index contributed by atoms with van der Waals surface area (Å²) in [5, 5.41) is 0. The Morgan fingerprint density at radius 3 is 2.49 bits per heavy atom. The molecule has 0 amide bonds. The number of aromatic nitrogens is 2. The van der Waals surface area contributed by atoms with Crippen molar-refractivity contribution in [3.63, 3.8) is 0 Å². The molecule has 1 fully saturated rings. The molecule has 39 heavy (non-hydrogen) atoms. The van der Waals surface area contributed by atoms with E-state index in [0.717, 1.165) is 36.8 Å². The van der Waals surface area contributed by atoms with Crippen LogP contribution in [0.4, 0.5) is 24.7 Å². The number of sulfonamides is 1. The fourth-order valence-electron chi connectivity index (χ4n) is 4.89. The van der Waals surface area contributed by atoms with Crippen LogP contribution >= 0.6 is 0 Å². The van der Waals surface area contributed by atoms with Gasteiger partial charge < -0.3 is 9.64 Å². The number of nitrogens with zero attached hydrogens (tertiary/aromatic N) is 4. The fourth-order valence-corrected chi connectivity index (χ4v) is 5.99. The maximum absolute atomic E-state index is 14.5. The van der Waals surface area contributed by atoms with Gasteiger partial charge in [0.15, 0.2) is 17.5 Å². The molecule has 1 N–H and O–H groups in total. The van der Waals surface area contributed by atoms with E-state index in [1.54, 1.807) is 37.4 Å². The SMILES string of the molecule is CC(c1cc(F)c(F)cc1F)N1CCCc2ncc(-c3ccc(NS(=O)(=O)CCN4CCOCC4)cc3)nc21. The Bertz CT molecular complexity index is 1430. The number of hydrogen-bond donors (Lipinski definition) is 1. The lowest BCUT2D eigenvalue weighted by Crippen LogP contribution is -2.39. The van der Waals surface area contributed by atoms with Crippen LogP contribution in [0.25, 0.3) is 11.3 Å². The Morgan fingerprint density at radius 1 is 1.03 bits per heavy atom. The molecular formula is C27H30F3N5O3S. The lowest BCUT2D eigenvalue weighted by molar-refractivity contribution is 0.0408. The van der Waals surface area contributed by atoms with Crippen molar-refractivity contribution in [2.45, 2.75) is 25.8 Å². The molecule has 1 atom stereocenters. The first-order valence-corrected chi connectivity index (χ1v) is 14.5. The summed E-state index contributed by atoms with van der Waals surface area (Å²) in [6, 6.07) is 7.69. The summed E-state index contributed by atoms with van der Waals surface area (Å²) in [6.07, 6.45) is 3.10. The largest absolute Gasteiger partial charge is 0.379 e. The van der Waals surface area contributed by atoms with Crippen LogP contribution in [-0.2, 0) is 21.2 Å². The summed E-state index contributed by atoms with van der Waals surface area (Å²) in [4.78, 5) is 13.3. The predicted molar refractivity (Wildman–Crippen MR) is 143 cm³/mol. The van der Waals surface area contributed by atoms with Crippen molar-refractivity contribution in [2.24, 2.45) is 0 Å². The second kappa shape index (κ2) is 11.5. The highest BCUT2D eigenvalue weighted by Gasteiger charge is 2.28. The van der Waals surface area contributed by atoms with E-state index in [1.165, 1.54) is 0 Å². The Kier molecular flexibility index (Phi) is 8.06. The Morgan fingerprint density at radius 2 is 1.74 bits per heavy atom. The topological polar surface area (TPSA) is 87.7 Å². The van der Waals surface area contributed by atoms with Gasteiger partial charge in [0.05, 0.1) is 42.6 Å². The minimum Gasteiger partial charge on any atom is -0.379 e. The van der Waals surface area contributed by atoms with Crippen LogP contribution in [-0.4, -0.2) is 68.4 Å². The third-order valence-corrected chi connectivity index (χ3v) is 8.37. The Labute approximate surface area is 225 Å². The van der Waals surface area contributed by atoms with Crippen molar-refractivity contribution in [2.75, 3.05) is 54.8 Å². The fraction of sp³-hybridized carbons (Fsp3) is 0.407. The van der Waals surface area contributed by atoms with Crippen LogP contribution in [0, 0.1) is 17.5 Å². The van der Waals surface area contributed by atoms with Crippen molar-refractivity contribution in [1.82, 2.24) is 14.9 Å². The maximum Gasteiger partial charge on any atom is 0.233 e. The second-order valence-corrected chi connectivity index (χ2v) is 11.6. The van der Waals surface area contributed by atoms with Crippen LogP contribution < -0.4 is 9.62 Å². The molecule has 1 unspecified atom stereocenters. The summed E-state index contributed by atoms with van der Waals surface area (Å²) < 4.78 is 75.0. The Hall–Kier alpha value is -3.22. The van der Waals surface area contributed by atoms with E-state index < -0.39 is 33.5 Å². The van der Waals surface area contributed by atoms with Crippen LogP contribution in [0.1, 0.15) is 30.6 Å². The molecule has 0 saturated carbocycles. The normalized spacial score (nSPS) is 17.1. The molecule has 2 aliphatic rings. The molecule has 1 aromatic heterocycles. The average Bonchev–Trinajstić information content (AvgIpc) is 2.94. The first kappa shape index (κ1) is 27.4. The van der Waals surface area contributed by atoms with Gasteiger partial charge in [-0.1, -0.05) is 12.1 Å². The maximum atomic E-state index is 14.5. The van der Waals surface area contributed by atoms with Crippen molar-refractivity contribution in [3.8, 4) is 11.3 Å². The summed E-state index contributed by atoms with van der Waals surface area (Å²) >= 11 is 0. The van der Waals surface area contributed by atoms with E-state index in [9.17, 15) is 21.6 Å². The first-order valence-electron chi connectivity index (χ1n) is 12.9. The molecule has 3 heterocycles. The molecular weight excluding hydrogens is 531 g/mol. The number of benzene rings is 2. The molecule has 2 aromatic carbocycles.